The minimum absolute atomic E-state index is 0.189. The topological polar surface area (TPSA) is 94.8 Å². The van der Waals surface area contributed by atoms with Gasteiger partial charge in [0.25, 0.3) is 5.91 Å². The van der Waals surface area contributed by atoms with Gasteiger partial charge in [0.2, 0.25) is 4.74 Å². The number of benzene rings is 1. The molecule has 9 heteroatoms. The quantitative estimate of drug-likeness (QED) is 0.556. The van der Waals surface area contributed by atoms with Crippen LogP contribution in [0.15, 0.2) is 47.4 Å². The van der Waals surface area contributed by atoms with Gasteiger partial charge in [-0.1, -0.05) is 23.5 Å². The van der Waals surface area contributed by atoms with Crippen molar-refractivity contribution < 1.29 is 14.3 Å². The van der Waals surface area contributed by atoms with Crippen molar-refractivity contribution in [2.75, 3.05) is 14.2 Å². The van der Waals surface area contributed by atoms with E-state index in [1.54, 1.807) is 22.6 Å². The van der Waals surface area contributed by atoms with Crippen LogP contribution in [0.5, 0.6) is 11.5 Å². The molecule has 0 fully saturated rings. The Labute approximate surface area is 163 Å². The first-order chi connectivity index (χ1) is 13.6. The van der Waals surface area contributed by atoms with Crippen LogP contribution in [0, 0.1) is 0 Å². The van der Waals surface area contributed by atoms with Crippen molar-refractivity contribution in [2.45, 2.75) is 6.54 Å². The summed E-state index contributed by atoms with van der Waals surface area (Å²) in [6.45, 7) is 0.189. The molecule has 0 aliphatic heterocycles. The SMILES string of the molecule is COc1ccc2cc(C(=O)NCc3nnc4ccccn34)sc(=O)c2c1OC. The average Bonchev–Trinajstić information content (AvgIpc) is 3.14. The number of methoxy groups -OCH3 is 2. The van der Waals surface area contributed by atoms with Gasteiger partial charge < -0.3 is 14.8 Å². The average molecular weight is 396 g/mol. The van der Waals surface area contributed by atoms with E-state index in [2.05, 4.69) is 15.5 Å². The number of nitrogens with one attached hydrogen (secondary N) is 1. The van der Waals surface area contributed by atoms with Gasteiger partial charge in [0.1, 0.15) is 0 Å². The summed E-state index contributed by atoms with van der Waals surface area (Å²) in [6.07, 6.45) is 1.82. The van der Waals surface area contributed by atoms with E-state index in [-0.39, 0.29) is 17.2 Å². The Kier molecular flexibility index (Phi) is 4.66. The van der Waals surface area contributed by atoms with E-state index in [1.807, 2.05) is 24.4 Å². The van der Waals surface area contributed by atoms with E-state index in [0.29, 0.717) is 38.6 Å². The maximum absolute atomic E-state index is 12.6. The van der Waals surface area contributed by atoms with Crippen molar-refractivity contribution in [3.05, 3.63) is 62.8 Å². The lowest BCUT2D eigenvalue weighted by molar-refractivity contribution is 0.0954. The molecule has 0 saturated heterocycles. The molecule has 1 aromatic carbocycles. The highest BCUT2D eigenvalue weighted by molar-refractivity contribution is 7.12. The molecule has 28 heavy (non-hydrogen) atoms. The molecule has 1 amide bonds. The van der Waals surface area contributed by atoms with E-state index < -0.39 is 0 Å². The van der Waals surface area contributed by atoms with Gasteiger partial charge in [-0.2, -0.15) is 0 Å². The van der Waals surface area contributed by atoms with Crippen LogP contribution in [0.2, 0.25) is 0 Å². The van der Waals surface area contributed by atoms with Crippen LogP contribution in [0.1, 0.15) is 15.5 Å². The highest BCUT2D eigenvalue weighted by Crippen LogP contribution is 2.34. The Bertz CT molecular complexity index is 1250. The summed E-state index contributed by atoms with van der Waals surface area (Å²) in [5.74, 6) is 1.08. The summed E-state index contributed by atoms with van der Waals surface area (Å²) >= 11 is 0.858. The minimum atomic E-state index is -0.355. The summed E-state index contributed by atoms with van der Waals surface area (Å²) in [6, 6.07) is 10.7. The van der Waals surface area contributed by atoms with E-state index in [0.717, 1.165) is 11.3 Å². The van der Waals surface area contributed by atoms with Crippen molar-refractivity contribution in [3.8, 4) is 11.5 Å². The molecular weight excluding hydrogens is 380 g/mol. The van der Waals surface area contributed by atoms with Crippen LogP contribution in [0.25, 0.3) is 16.4 Å². The van der Waals surface area contributed by atoms with Crippen LogP contribution >= 0.6 is 11.3 Å². The highest BCUT2D eigenvalue weighted by atomic mass is 32.1. The van der Waals surface area contributed by atoms with Crippen LogP contribution in [-0.4, -0.2) is 34.7 Å². The summed E-state index contributed by atoms with van der Waals surface area (Å²) in [7, 11) is 2.98. The van der Waals surface area contributed by atoms with Gasteiger partial charge in [-0.25, -0.2) is 0 Å². The lowest BCUT2D eigenvalue weighted by atomic mass is 10.1. The van der Waals surface area contributed by atoms with Gasteiger partial charge in [0.05, 0.1) is 31.0 Å². The molecule has 0 radical (unpaired) electrons. The summed E-state index contributed by atoms with van der Waals surface area (Å²) in [5, 5.41) is 11.9. The zero-order valence-electron chi connectivity index (χ0n) is 15.1. The van der Waals surface area contributed by atoms with Crippen LogP contribution in [-0.2, 0) is 6.54 Å². The van der Waals surface area contributed by atoms with Crippen molar-refractivity contribution in [1.29, 1.82) is 0 Å². The molecular formula is C19H16N4O4S. The van der Waals surface area contributed by atoms with Gasteiger partial charge >= 0.3 is 0 Å². The van der Waals surface area contributed by atoms with E-state index >= 15 is 0 Å². The lowest BCUT2D eigenvalue weighted by Crippen LogP contribution is -2.24. The maximum atomic E-state index is 12.6. The monoisotopic (exact) mass is 396 g/mol. The Morgan fingerprint density at radius 1 is 1.18 bits per heavy atom. The smallest absolute Gasteiger partial charge is 0.261 e. The second kappa shape index (κ2) is 7.28. The Hall–Kier alpha value is -3.46. The molecule has 0 spiro atoms. The number of ether oxygens (including phenoxy) is 2. The van der Waals surface area contributed by atoms with Crippen molar-refractivity contribution in [1.82, 2.24) is 19.9 Å². The molecule has 3 aromatic heterocycles. The van der Waals surface area contributed by atoms with E-state index in [9.17, 15) is 9.59 Å². The molecule has 0 aliphatic carbocycles. The number of fused-ring (bicyclic) bond motifs is 2. The normalized spacial score (nSPS) is 10.9. The molecule has 0 unspecified atom stereocenters. The predicted molar refractivity (Wildman–Crippen MR) is 105 cm³/mol. The first-order valence-corrected chi connectivity index (χ1v) is 9.19. The predicted octanol–water partition coefficient (Wildman–Crippen LogP) is 2.25. The number of carbonyl (C=O) groups is 1. The summed E-state index contributed by atoms with van der Waals surface area (Å²) < 4.78 is 12.1. The fourth-order valence-electron chi connectivity index (χ4n) is 2.96. The Balaban J connectivity index is 1.63. The number of amides is 1. The molecule has 0 aliphatic rings. The lowest BCUT2D eigenvalue weighted by Gasteiger charge is -2.10. The highest BCUT2D eigenvalue weighted by Gasteiger charge is 2.17. The van der Waals surface area contributed by atoms with E-state index in [4.69, 9.17) is 9.47 Å². The number of hydrogen-bond acceptors (Lipinski definition) is 7. The number of rotatable bonds is 5. The Morgan fingerprint density at radius 3 is 2.82 bits per heavy atom. The third-order valence-corrected chi connectivity index (χ3v) is 5.20. The fourth-order valence-corrected chi connectivity index (χ4v) is 3.83. The number of pyridine rings is 1. The maximum Gasteiger partial charge on any atom is 0.261 e. The fraction of sp³-hybridized carbons (Fsp3) is 0.158. The Morgan fingerprint density at radius 2 is 2.04 bits per heavy atom. The van der Waals surface area contributed by atoms with Crippen molar-refractivity contribution in [2.24, 2.45) is 0 Å². The third-order valence-electron chi connectivity index (χ3n) is 4.29. The van der Waals surface area contributed by atoms with Gasteiger partial charge in [-0.05, 0) is 29.7 Å². The molecule has 0 atom stereocenters. The second-order valence-corrected chi connectivity index (χ2v) is 6.91. The van der Waals surface area contributed by atoms with Crippen LogP contribution < -0.4 is 19.5 Å². The zero-order valence-corrected chi connectivity index (χ0v) is 15.9. The van der Waals surface area contributed by atoms with E-state index in [1.165, 1.54) is 14.2 Å². The van der Waals surface area contributed by atoms with Crippen molar-refractivity contribution in [3.63, 3.8) is 0 Å². The van der Waals surface area contributed by atoms with Crippen molar-refractivity contribution >= 4 is 33.7 Å². The largest absolute Gasteiger partial charge is 0.493 e. The molecule has 4 rings (SSSR count). The summed E-state index contributed by atoms with van der Waals surface area (Å²) in [4.78, 5) is 25.5. The first kappa shape index (κ1) is 17.9. The summed E-state index contributed by atoms with van der Waals surface area (Å²) in [5.41, 5.74) is 0.697. The number of aromatic nitrogens is 3. The molecule has 142 valence electrons. The van der Waals surface area contributed by atoms with Gasteiger partial charge in [-0.3, -0.25) is 14.0 Å². The second-order valence-electron chi connectivity index (χ2n) is 5.89. The molecule has 0 saturated carbocycles. The van der Waals surface area contributed by atoms with Gasteiger partial charge in [0, 0.05) is 6.20 Å². The van der Waals surface area contributed by atoms with Crippen LogP contribution in [0.4, 0.5) is 0 Å². The first-order valence-electron chi connectivity index (χ1n) is 8.38. The standard InChI is InChI=1S/C19H16N4O4S/c1-26-12-7-6-11-9-13(28-19(25)16(11)17(12)27-2)18(24)20-10-15-22-21-14-5-3-4-8-23(14)15/h3-9H,10H2,1-2H3,(H,20,24). The number of nitrogens with zero attached hydrogens (tertiary/aromatic N) is 3. The number of hydrogen-bond donors (Lipinski definition) is 1. The molecule has 4 aromatic rings. The molecule has 8 nitrogen and oxygen atoms in total. The van der Waals surface area contributed by atoms with Gasteiger partial charge in [0.15, 0.2) is 23.0 Å². The third kappa shape index (κ3) is 3.05. The van der Waals surface area contributed by atoms with Crippen LogP contribution in [0.3, 0.4) is 0 Å². The molecule has 1 N–H and O–H groups in total. The number of carbonyl (C=O) groups excluding carboxylic acids is 1. The molecule has 0 bridgehead atoms. The zero-order chi connectivity index (χ0) is 19.7. The minimum Gasteiger partial charge on any atom is -0.493 e. The van der Waals surface area contributed by atoms with Gasteiger partial charge in [-0.15, -0.1) is 10.2 Å². The molecule has 3 heterocycles.